The average Bonchev–Trinajstić information content (AvgIpc) is 3.19. The van der Waals surface area contributed by atoms with Crippen molar-refractivity contribution >= 4 is 11.8 Å². The number of guanidine groups is 1. The Bertz CT molecular complexity index is 589. The van der Waals surface area contributed by atoms with Crippen LogP contribution in [0.3, 0.4) is 0 Å². The Labute approximate surface area is 164 Å². The van der Waals surface area contributed by atoms with E-state index in [0.717, 1.165) is 69.1 Å². The lowest BCUT2D eigenvalue weighted by atomic mass is 9.99. The molecule has 2 saturated heterocycles. The standard InChI is InChI=1S/C21H35N5O/c1-4-22-21(25(3)15-19-9-12-27-16-19)24-14-18-5-6-20(23-13-18)26-10-7-17(2)8-11-26/h5-6,13,17,19H,4,7-12,14-16H2,1-3H3,(H,22,24). The van der Waals surface area contributed by atoms with Crippen LogP contribution in [-0.2, 0) is 11.3 Å². The molecule has 1 N–H and O–H groups in total. The van der Waals surface area contributed by atoms with Crippen molar-refractivity contribution in [2.45, 2.75) is 39.7 Å². The molecule has 2 fully saturated rings. The van der Waals surface area contributed by atoms with Gasteiger partial charge in [-0.05, 0) is 43.7 Å². The van der Waals surface area contributed by atoms with Crippen molar-refractivity contribution in [2.24, 2.45) is 16.8 Å². The largest absolute Gasteiger partial charge is 0.381 e. The number of nitrogens with zero attached hydrogens (tertiary/aromatic N) is 4. The SMILES string of the molecule is CCNC(=NCc1ccc(N2CCC(C)CC2)nc1)N(C)CC1CCOC1. The molecule has 0 spiro atoms. The monoisotopic (exact) mass is 373 g/mol. The van der Waals surface area contributed by atoms with Gasteiger partial charge in [-0.3, -0.25) is 0 Å². The van der Waals surface area contributed by atoms with Crippen molar-refractivity contribution in [3.05, 3.63) is 23.9 Å². The number of nitrogens with one attached hydrogen (secondary N) is 1. The van der Waals surface area contributed by atoms with Crippen molar-refractivity contribution in [2.75, 3.05) is 51.3 Å². The first-order chi connectivity index (χ1) is 13.2. The lowest BCUT2D eigenvalue weighted by Gasteiger charge is -2.31. The average molecular weight is 374 g/mol. The summed E-state index contributed by atoms with van der Waals surface area (Å²) in [5.41, 5.74) is 1.15. The second-order valence-electron chi connectivity index (χ2n) is 7.97. The van der Waals surface area contributed by atoms with Crippen molar-refractivity contribution in [3.8, 4) is 0 Å². The molecule has 1 aromatic heterocycles. The van der Waals surface area contributed by atoms with Crippen LogP contribution in [0, 0.1) is 11.8 Å². The van der Waals surface area contributed by atoms with Gasteiger partial charge in [0.05, 0.1) is 13.2 Å². The number of anilines is 1. The van der Waals surface area contributed by atoms with Crippen molar-refractivity contribution in [1.29, 1.82) is 0 Å². The fraction of sp³-hybridized carbons (Fsp3) is 0.714. The zero-order chi connectivity index (χ0) is 19.1. The van der Waals surface area contributed by atoms with E-state index in [1.807, 2.05) is 6.20 Å². The zero-order valence-electron chi connectivity index (χ0n) is 17.2. The van der Waals surface area contributed by atoms with Gasteiger partial charge in [-0.2, -0.15) is 0 Å². The molecule has 2 aliphatic rings. The number of hydrogen-bond acceptors (Lipinski definition) is 4. The van der Waals surface area contributed by atoms with Gasteiger partial charge in [0.15, 0.2) is 5.96 Å². The number of hydrogen-bond donors (Lipinski definition) is 1. The van der Waals surface area contributed by atoms with E-state index in [-0.39, 0.29) is 0 Å². The number of ether oxygens (including phenoxy) is 1. The van der Waals surface area contributed by atoms with Gasteiger partial charge in [0, 0.05) is 51.9 Å². The maximum atomic E-state index is 5.49. The molecule has 150 valence electrons. The van der Waals surface area contributed by atoms with Gasteiger partial charge in [0.25, 0.3) is 0 Å². The molecule has 3 heterocycles. The Balaban J connectivity index is 1.56. The summed E-state index contributed by atoms with van der Waals surface area (Å²) in [4.78, 5) is 14.1. The Morgan fingerprint density at radius 2 is 2.15 bits per heavy atom. The van der Waals surface area contributed by atoms with E-state index in [9.17, 15) is 0 Å². The minimum absolute atomic E-state index is 0.604. The topological polar surface area (TPSA) is 53.0 Å². The van der Waals surface area contributed by atoms with Crippen molar-refractivity contribution < 1.29 is 4.74 Å². The molecular formula is C21H35N5O. The molecule has 0 aromatic carbocycles. The molecule has 6 nitrogen and oxygen atoms in total. The summed E-state index contributed by atoms with van der Waals surface area (Å²) in [5, 5.41) is 3.40. The number of aliphatic imine (C=N–C) groups is 1. The van der Waals surface area contributed by atoms with E-state index in [2.05, 4.69) is 53.1 Å². The predicted molar refractivity (Wildman–Crippen MR) is 111 cm³/mol. The molecule has 0 bridgehead atoms. The molecule has 1 aromatic rings. The van der Waals surface area contributed by atoms with Gasteiger partial charge in [0.1, 0.15) is 5.82 Å². The highest BCUT2D eigenvalue weighted by atomic mass is 16.5. The summed E-state index contributed by atoms with van der Waals surface area (Å²) in [6, 6.07) is 4.31. The van der Waals surface area contributed by atoms with E-state index in [1.54, 1.807) is 0 Å². The van der Waals surface area contributed by atoms with Crippen molar-refractivity contribution in [3.63, 3.8) is 0 Å². The van der Waals surface area contributed by atoms with Crippen LogP contribution >= 0.6 is 0 Å². The lowest BCUT2D eigenvalue weighted by Crippen LogP contribution is -2.41. The highest BCUT2D eigenvalue weighted by Crippen LogP contribution is 2.21. The van der Waals surface area contributed by atoms with Gasteiger partial charge in [-0.15, -0.1) is 0 Å². The molecule has 0 aliphatic carbocycles. The van der Waals surface area contributed by atoms with E-state index < -0.39 is 0 Å². The third kappa shape index (κ3) is 5.83. The highest BCUT2D eigenvalue weighted by Gasteiger charge is 2.19. The van der Waals surface area contributed by atoms with Gasteiger partial charge >= 0.3 is 0 Å². The molecule has 0 radical (unpaired) electrons. The first-order valence-electron chi connectivity index (χ1n) is 10.4. The highest BCUT2D eigenvalue weighted by molar-refractivity contribution is 5.79. The van der Waals surface area contributed by atoms with Crippen molar-refractivity contribution in [1.82, 2.24) is 15.2 Å². The molecule has 6 heteroatoms. The molecule has 1 unspecified atom stereocenters. The summed E-state index contributed by atoms with van der Waals surface area (Å²) >= 11 is 0. The molecule has 1 atom stereocenters. The van der Waals surface area contributed by atoms with Crippen LogP contribution in [0.5, 0.6) is 0 Å². The zero-order valence-corrected chi connectivity index (χ0v) is 17.2. The minimum atomic E-state index is 0.604. The molecular weight excluding hydrogens is 338 g/mol. The summed E-state index contributed by atoms with van der Waals surface area (Å²) in [7, 11) is 2.11. The van der Waals surface area contributed by atoms with E-state index in [1.165, 1.54) is 12.8 Å². The lowest BCUT2D eigenvalue weighted by molar-refractivity contribution is 0.181. The first-order valence-corrected chi connectivity index (χ1v) is 10.4. The predicted octanol–water partition coefficient (Wildman–Crippen LogP) is 2.75. The Morgan fingerprint density at radius 1 is 1.33 bits per heavy atom. The third-order valence-electron chi connectivity index (χ3n) is 5.58. The number of aromatic nitrogens is 1. The molecule has 2 aliphatic heterocycles. The smallest absolute Gasteiger partial charge is 0.193 e. The van der Waals surface area contributed by atoms with Crippen LogP contribution in [0.4, 0.5) is 5.82 Å². The molecule has 3 rings (SSSR count). The summed E-state index contributed by atoms with van der Waals surface area (Å²) in [6.45, 7) is 10.9. The fourth-order valence-electron chi connectivity index (χ4n) is 3.77. The summed E-state index contributed by atoms with van der Waals surface area (Å²) < 4.78 is 5.49. The van der Waals surface area contributed by atoms with Crippen LogP contribution in [0.15, 0.2) is 23.3 Å². The van der Waals surface area contributed by atoms with Crippen LogP contribution in [0.2, 0.25) is 0 Å². The molecule has 27 heavy (non-hydrogen) atoms. The molecule has 0 saturated carbocycles. The normalized spacial score (nSPS) is 21.5. The number of rotatable bonds is 6. The van der Waals surface area contributed by atoms with Gasteiger partial charge < -0.3 is 19.9 Å². The van der Waals surface area contributed by atoms with Gasteiger partial charge in [0.2, 0.25) is 0 Å². The number of piperidine rings is 1. The quantitative estimate of drug-likeness (QED) is 0.614. The number of pyridine rings is 1. The Kier molecular flexibility index (Phi) is 7.33. The fourth-order valence-corrected chi connectivity index (χ4v) is 3.77. The third-order valence-corrected chi connectivity index (χ3v) is 5.58. The summed E-state index contributed by atoms with van der Waals surface area (Å²) in [5.74, 6) is 3.50. The van der Waals surface area contributed by atoms with Crippen LogP contribution in [-0.4, -0.2) is 62.3 Å². The molecule has 0 amide bonds. The Hall–Kier alpha value is -1.82. The Morgan fingerprint density at radius 3 is 2.78 bits per heavy atom. The first kappa shape index (κ1) is 19.9. The minimum Gasteiger partial charge on any atom is -0.381 e. The maximum Gasteiger partial charge on any atom is 0.193 e. The van der Waals surface area contributed by atoms with E-state index >= 15 is 0 Å². The van der Waals surface area contributed by atoms with Crippen LogP contribution in [0.25, 0.3) is 0 Å². The summed E-state index contributed by atoms with van der Waals surface area (Å²) in [6.07, 6.45) is 5.64. The maximum absolute atomic E-state index is 5.49. The van der Waals surface area contributed by atoms with E-state index in [4.69, 9.17) is 9.73 Å². The van der Waals surface area contributed by atoms with Gasteiger partial charge in [-0.25, -0.2) is 9.98 Å². The van der Waals surface area contributed by atoms with Gasteiger partial charge in [-0.1, -0.05) is 13.0 Å². The van der Waals surface area contributed by atoms with E-state index in [0.29, 0.717) is 12.5 Å². The second-order valence-corrected chi connectivity index (χ2v) is 7.97. The second kappa shape index (κ2) is 9.93. The van der Waals surface area contributed by atoms with Crippen LogP contribution in [0.1, 0.15) is 38.7 Å². The van der Waals surface area contributed by atoms with Crippen LogP contribution < -0.4 is 10.2 Å².